The zero-order chi connectivity index (χ0) is 17.6. The predicted molar refractivity (Wildman–Crippen MR) is 107 cm³/mol. The van der Waals surface area contributed by atoms with Crippen LogP contribution in [0.4, 0.5) is 0 Å². The Kier molecular flexibility index (Phi) is 5.73. The van der Waals surface area contributed by atoms with E-state index in [4.69, 9.17) is 9.47 Å². The van der Waals surface area contributed by atoms with Crippen LogP contribution in [0, 0.1) is 0 Å². The monoisotopic (exact) mass is 350 g/mol. The van der Waals surface area contributed by atoms with Gasteiger partial charge < -0.3 is 9.47 Å². The van der Waals surface area contributed by atoms with Crippen molar-refractivity contribution in [3.8, 4) is 11.5 Å². The Bertz CT molecular complexity index is 824. The fourth-order valence-electron chi connectivity index (χ4n) is 2.95. The molecule has 0 amide bonds. The molecule has 3 aromatic carbocycles. The van der Waals surface area contributed by atoms with Gasteiger partial charge in [0, 0.05) is 0 Å². The van der Waals surface area contributed by atoms with E-state index in [1.807, 2.05) is 24.3 Å². The van der Waals surface area contributed by atoms with E-state index in [9.17, 15) is 0 Å². The first-order valence-electron chi connectivity index (χ1n) is 8.31. The molecule has 0 aliphatic rings. The van der Waals surface area contributed by atoms with Crippen molar-refractivity contribution in [1.82, 2.24) is 0 Å². The van der Waals surface area contributed by atoms with Crippen molar-refractivity contribution >= 4 is 14.5 Å². The number of ether oxygens (including phenoxy) is 2. The van der Waals surface area contributed by atoms with Crippen molar-refractivity contribution < 1.29 is 9.47 Å². The highest BCUT2D eigenvalue weighted by Gasteiger charge is 2.08. The molecule has 0 heterocycles. The van der Waals surface area contributed by atoms with Gasteiger partial charge in [-0.15, -0.1) is 9.24 Å². The van der Waals surface area contributed by atoms with Crippen LogP contribution in [0.5, 0.6) is 11.5 Å². The molecule has 0 aromatic heterocycles. The van der Waals surface area contributed by atoms with Gasteiger partial charge in [-0.3, -0.25) is 0 Å². The summed E-state index contributed by atoms with van der Waals surface area (Å²) in [5.41, 5.74) is 5.29. The molecular formula is C22H23O2P. The van der Waals surface area contributed by atoms with Crippen LogP contribution in [-0.4, -0.2) is 14.2 Å². The number of hydrogen-bond donors (Lipinski definition) is 0. The lowest BCUT2D eigenvalue weighted by atomic mass is 9.95. The summed E-state index contributed by atoms with van der Waals surface area (Å²) in [6, 6.07) is 23.1. The highest BCUT2D eigenvalue weighted by Crippen LogP contribution is 2.21. The fraction of sp³-hybridized carbons (Fsp3) is 0.182. The summed E-state index contributed by atoms with van der Waals surface area (Å²) in [5.74, 6) is 1.78. The average Bonchev–Trinajstić information content (AvgIpc) is 2.66. The molecule has 128 valence electrons. The number of methoxy groups -OCH3 is 2. The van der Waals surface area contributed by atoms with Crippen LogP contribution >= 0.6 is 9.24 Å². The Morgan fingerprint density at radius 3 is 1.72 bits per heavy atom. The van der Waals surface area contributed by atoms with Crippen LogP contribution in [-0.2, 0) is 12.8 Å². The van der Waals surface area contributed by atoms with Gasteiger partial charge >= 0.3 is 0 Å². The lowest BCUT2D eigenvalue weighted by Crippen LogP contribution is -2.08. The molecule has 0 radical (unpaired) electrons. The second-order valence-corrected chi connectivity index (χ2v) is 6.66. The van der Waals surface area contributed by atoms with Crippen molar-refractivity contribution in [3.05, 3.63) is 89.0 Å². The highest BCUT2D eigenvalue weighted by molar-refractivity contribution is 7.27. The molecule has 2 nitrogen and oxygen atoms in total. The van der Waals surface area contributed by atoms with Gasteiger partial charge in [0.2, 0.25) is 0 Å². The summed E-state index contributed by atoms with van der Waals surface area (Å²) in [6.07, 6.45) is 1.83. The van der Waals surface area contributed by atoms with Gasteiger partial charge in [0.25, 0.3) is 0 Å². The van der Waals surface area contributed by atoms with Crippen LogP contribution in [0.15, 0.2) is 66.7 Å². The van der Waals surface area contributed by atoms with E-state index >= 15 is 0 Å². The quantitative estimate of drug-likeness (QED) is 0.614. The molecule has 0 bridgehead atoms. The normalized spacial score (nSPS) is 10.5. The predicted octanol–water partition coefficient (Wildman–Crippen LogP) is 4.39. The van der Waals surface area contributed by atoms with E-state index < -0.39 is 0 Å². The molecule has 0 N–H and O–H groups in total. The summed E-state index contributed by atoms with van der Waals surface area (Å²) in [7, 11) is 6.26. The third kappa shape index (κ3) is 4.41. The molecule has 0 saturated carbocycles. The molecule has 25 heavy (non-hydrogen) atoms. The second-order valence-electron chi connectivity index (χ2n) is 6.03. The van der Waals surface area contributed by atoms with Gasteiger partial charge in [0.1, 0.15) is 11.5 Å². The first-order valence-corrected chi connectivity index (χ1v) is 8.89. The number of benzene rings is 3. The maximum atomic E-state index is 5.25. The Labute approximate surface area is 152 Å². The van der Waals surface area contributed by atoms with E-state index in [2.05, 4.69) is 51.7 Å². The smallest absolute Gasteiger partial charge is 0.118 e. The summed E-state index contributed by atoms with van der Waals surface area (Å²) in [5, 5.41) is 1.25. The van der Waals surface area contributed by atoms with Crippen molar-refractivity contribution in [2.45, 2.75) is 12.8 Å². The number of hydrogen-bond acceptors (Lipinski definition) is 2. The minimum absolute atomic E-state index is 0.890. The zero-order valence-corrected chi connectivity index (χ0v) is 15.8. The highest BCUT2D eigenvalue weighted by atomic mass is 31.0. The van der Waals surface area contributed by atoms with Crippen molar-refractivity contribution in [2.24, 2.45) is 0 Å². The average molecular weight is 350 g/mol. The van der Waals surface area contributed by atoms with Crippen LogP contribution in [0.2, 0.25) is 0 Å². The van der Waals surface area contributed by atoms with Gasteiger partial charge in [0.05, 0.1) is 14.2 Å². The summed E-state index contributed by atoms with van der Waals surface area (Å²) in [4.78, 5) is 0. The van der Waals surface area contributed by atoms with E-state index in [-0.39, 0.29) is 0 Å². The van der Waals surface area contributed by atoms with E-state index in [0.717, 1.165) is 24.3 Å². The molecule has 3 rings (SSSR count). The van der Waals surface area contributed by atoms with Gasteiger partial charge in [-0.25, -0.2) is 0 Å². The first-order chi connectivity index (χ1) is 12.2. The third-order valence-electron chi connectivity index (χ3n) is 4.40. The largest absolute Gasteiger partial charge is 0.497 e. The number of rotatable bonds is 6. The van der Waals surface area contributed by atoms with Crippen LogP contribution < -0.4 is 14.8 Å². The Hall–Kier alpha value is -2.31. The molecular weight excluding hydrogens is 327 g/mol. The van der Waals surface area contributed by atoms with Crippen molar-refractivity contribution in [3.63, 3.8) is 0 Å². The topological polar surface area (TPSA) is 18.5 Å². The minimum Gasteiger partial charge on any atom is -0.497 e. The lowest BCUT2D eigenvalue weighted by molar-refractivity contribution is 0.414. The molecule has 0 fully saturated rings. The zero-order valence-electron chi connectivity index (χ0n) is 14.7. The van der Waals surface area contributed by atoms with Gasteiger partial charge in [0.15, 0.2) is 0 Å². The van der Waals surface area contributed by atoms with E-state index in [0.29, 0.717) is 0 Å². The Morgan fingerprint density at radius 1 is 0.680 bits per heavy atom. The van der Waals surface area contributed by atoms with Crippen molar-refractivity contribution in [1.29, 1.82) is 0 Å². The van der Waals surface area contributed by atoms with E-state index in [1.165, 1.54) is 27.6 Å². The minimum atomic E-state index is 0.890. The molecule has 0 saturated heterocycles. The lowest BCUT2D eigenvalue weighted by Gasteiger charge is -2.14. The Morgan fingerprint density at radius 2 is 1.20 bits per heavy atom. The standard InChI is InChI=1S/C22H23O2P/c1-23-19-10-6-16(7-11-19)14-18-4-3-5-22(25)21(18)15-17-8-12-20(24-2)13-9-17/h3-13H,14-15,25H2,1-2H3. The summed E-state index contributed by atoms with van der Waals surface area (Å²) < 4.78 is 10.5. The summed E-state index contributed by atoms with van der Waals surface area (Å²) >= 11 is 0. The van der Waals surface area contributed by atoms with Crippen molar-refractivity contribution in [2.75, 3.05) is 14.2 Å². The van der Waals surface area contributed by atoms with Gasteiger partial charge in [-0.1, -0.05) is 42.5 Å². The molecule has 1 unspecified atom stereocenters. The van der Waals surface area contributed by atoms with Gasteiger partial charge in [-0.2, -0.15) is 0 Å². The maximum absolute atomic E-state index is 5.25. The molecule has 0 aliphatic carbocycles. The van der Waals surface area contributed by atoms with Crippen LogP contribution in [0.1, 0.15) is 22.3 Å². The summed E-state index contributed by atoms with van der Waals surface area (Å²) in [6.45, 7) is 0. The first kappa shape index (κ1) is 17.5. The fourth-order valence-corrected chi connectivity index (χ4v) is 3.35. The van der Waals surface area contributed by atoms with Gasteiger partial charge in [-0.05, 0) is 64.7 Å². The second kappa shape index (κ2) is 8.18. The third-order valence-corrected chi connectivity index (χ3v) is 4.94. The van der Waals surface area contributed by atoms with Crippen LogP contribution in [0.3, 0.4) is 0 Å². The molecule has 3 heteroatoms. The van der Waals surface area contributed by atoms with Crippen LogP contribution in [0.25, 0.3) is 0 Å². The molecule has 0 spiro atoms. The molecule has 1 atom stereocenters. The van der Waals surface area contributed by atoms with E-state index in [1.54, 1.807) is 14.2 Å². The molecule has 3 aromatic rings. The molecule has 0 aliphatic heterocycles. The Balaban J connectivity index is 1.85. The maximum Gasteiger partial charge on any atom is 0.118 e. The SMILES string of the molecule is COc1ccc(Cc2cccc(P)c2Cc2ccc(OC)cc2)cc1.